The van der Waals surface area contributed by atoms with Gasteiger partial charge in [-0.15, -0.1) is 0 Å². The zero-order valence-corrected chi connectivity index (χ0v) is 13.5. The molecule has 1 aromatic heterocycles. The summed E-state index contributed by atoms with van der Waals surface area (Å²) in [4.78, 5) is 36.5. The van der Waals surface area contributed by atoms with Gasteiger partial charge in [-0.3, -0.25) is 20.4 Å². The summed E-state index contributed by atoms with van der Waals surface area (Å²) in [5, 5.41) is 9.96. The molecule has 3 N–H and O–H groups in total. The first-order valence-corrected chi connectivity index (χ1v) is 8.12. The highest BCUT2D eigenvalue weighted by Crippen LogP contribution is 2.20. The lowest BCUT2D eigenvalue weighted by molar-refractivity contribution is -0.123. The highest BCUT2D eigenvalue weighted by molar-refractivity contribution is 5.96. The molecule has 0 saturated carbocycles. The molecule has 0 bridgehead atoms. The van der Waals surface area contributed by atoms with E-state index >= 15 is 0 Å². The number of likely N-dealkylation sites (tertiary alicyclic amines) is 1. The molecule has 2 aromatic rings. The molecule has 1 atom stereocenters. The van der Waals surface area contributed by atoms with Gasteiger partial charge in [-0.25, -0.2) is 4.79 Å². The quantitative estimate of drug-likeness (QED) is 0.738. The van der Waals surface area contributed by atoms with Crippen LogP contribution in [0.3, 0.4) is 0 Å². The van der Waals surface area contributed by atoms with Crippen LogP contribution in [0.2, 0.25) is 0 Å². The molecule has 1 aliphatic heterocycles. The molecule has 25 heavy (non-hydrogen) atoms. The van der Waals surface area contributed by atoms with E-state index in [4.69, 9.17) is 9.52 Å². The molecule has 0 aliphatic carbocycles. The average molecular weight is 345 g/mol. The highest BCUT2D eigenvalue weighted by Gasteiger charge is 2.28. The lowest BCUT2D eigenvalue weighted by Gasteiger charge is -2.33. The topological polar surface area (TPSA) is 112 Å². The summed E-state index contributed by atoms with van der Waals surface area (Å²) in [5.41, 5.74) is 5.19. The van der Waals surface area contributed by atoms with Gasteiger partial charge in [0.2, 0.25) is 5.91 Å². The summed E-state index contributed by atoms with van der Waals surface area (Å²) in [7, 11) is 0. The third kappa shape index (κ3) is 3.90. The van der Waals surface area contributed by atoms with Gasteiger partial charge in [0, 0.05) is 24.4 Å². The second-order valence-corrected chi connectivity index (χ2v) is 5.98. The molecule has 8 heteroatoms. The number of para-hydroxylation sites is 1. The van der Waals surface area contributed by atoms with Crippen molar-refractivity contribution in [2.24, 2.45) is 0 Å². The first kappa shape index (κ1) is 16.8. The first-order chi connectivity index (χ1) is 12.0. The molecule has 2 heterocycles. The van der Waals surface area contributed by atoms with Crippen molar-refractivity contribution in [3.63, 3.8) is 0 Å². The van der Waals surface area contributed by atoms with Crippen LogP contribution in [0.25, 0.3) is 11.0 Å². The van der Waals surface area contributed by atoms with Gasteiger partial charge in [0.25, 0.3) is 0 Å². The van der Waals surface area contributed by atoms with Gasteiger partial charge in [0.1, 0.15) is 5.58 Å². The molecular formula is C17H19N3O5. The van der Waals surface area contributed by atoms with E-state index in [0.717, 1.165) is 18.2 Å². The van der Waals surface area contributed by atoms with E-state index in [1.807, 2.05) is 12.1 Å². The van der Waals surface area contributed by atoms with Crippen LogP contribution in [0.5, 0.6) is 0 Å². The monoisotopic (exact) mass is 345 g/mol. The van der Waals surface area contributed by atoms with Crippen molar-refractivity contribution in [3.8, 4) is 0 Å². The van der Waals surface area contributed by atoms with E-state index < -0.39 is 17.9 Å². The molecule has 8 nitrogen and oxygen atoms in total. The highest BCUT2D eigenvalue weighted by atomic mass is 16.4. The van der Waals surface area contributed by atoms with E-state index in [1.54, 1.807) is 18.2 Å². The van der Waals surface area contributed by atoms with Crippen LogP contribution < -0.4 is 10.9 Å². The molecule has 1 saturated heterocycles. The number of hydrazine groups is 1. The van der Waals surface area contributed by atoms with Crippen molar-refractivity contribution in [3.05, 3.63) is 36.1 Å². The van der Waals surface area contributed by atoms with Crippen LogP contribution in [-0.2, 0) is 4.79 Å². The Kier molecular flexibility index (Phi) is 4.87. The fraction of sp³-hybridized carbons (Fsp3) is 0.353. The minimum atomic E-state index is -1.02. The third-order valence-electron chi connectivity index (χ3n) is 4.26. The van der Waals surface area contributed by atoms with Crippen molar-refractivity contribution in [1.29, 1.82) is 0 Å². The van der Waals surface area contributed by atoms with Crippen molar-refractivity contribution in [2.45, 2.75) is 31.7 Å². The predicted octanol–water partition coefficient (Wildman–Crippen LogP) is 2.12. The van der Waals surface area contributed by atoms with Gasteiger partial charge in [0.15, 0.2) is 5.76 Å². The van der Waals surface area contributed by atoms with Crippen molar-refractivity contribution < 1.29 is 23.9 Å². The van der Waals surface area contributed by atoms with Crippen molar-refractivity contribution in [2.75, 3.05) is 6.54 Å². The molecule has 3 rings (SSSR count). The van der Waals surface area contributed by atoms with Crippen molar-refractivity contribution >= 4 is 28.9 Å². The number of carboxylic acid groups (broad SMARTS) is 1. The third-order valence-corrected chi connectivity index (χ3v) is 4.26. The SMILES string of the molecule is O=C(C[C@@H]1CCCCN1C(=O)O)NNC(=O)c1cc2ccccc2o1. The van der Waals surface area contributed by atoms with E-state index in [1.165, 1.54) is 4.90 Å². The summed E-state index contributed by atoms with van der Waals surface area (Å²) in [6, 6.07) is 8.41. The lowest BCUT2D eigenvalue weighted by atomic mass is 10.00. The number of furan rings is 1. The zero-order valence-electron chi connectivity index (χ0n) is 13.5. The lowest BCUT2D eigenvalue weighted by Crippen LogP contribution is -2.48. The zero-order chi connectivity index (χ0) is 17.8. The fourth-order valence-electron chi connectivity index (χ4n) is 3.01. The number of piperidine rings is 1. The van der Waals surface area contributed by atoms with E-state index in [-0.39, 0.29) is 18.2 Å². The molecule has 1 aromatic carbocycles. The van der Waals surface area contributed by atoms with Crippen LogP contribution in [0, 0.1) is 0 Å². The number of benzene rings is 1. The minimum absolute atomic E-state index is 0.00666. The summed E-state index contributed by atoms with van der Waals surface area (Å²) in [6.07, 6.45) is 1.30. The molecule has 0 spiro atoms. The maximum Gasteiger partial charge on any atom is 0.407 e. The summed E-state index contributed by atoms with van der Waals surface area (Å²) < 4.78 is 5.41. The molecule has 1 aliphatic rings. The Labute approximate surface area is 143 Å². The number of fused-ring (bicyclic) bond motifs is 1. The predicted molar refractivity (Wildman–Crippen MR) is 88.8 cm³/mol. The number of nitrogens with one attached hydrogen (secondary N) is 2. The molecule has 1 fully saturated rings. The van der Waals surface area contributed by atoms with Crippen LogP contribution in [-0.4, -0.2) is 40.5 Å². The number of hydrogen-bond acceptors (Lipinski definition) is 4. The number of nitrogens with zero attached hydrogens (tertiary/aromatic N) is 1. The Morgan fingerprint density at radius 2 is 2.00 bits per heavy atom. The standard InChI is InChI=1S/C17H19N3O5/c21-15(10-12-6-3-4-8-20(12)17(23)24)18-19-16(22)14-9-11-5-1-2-7-13(11)25-14/h1-2,5,7,9,12H,3-4,6,8,10H2,(H,18,21)(H,19,22)(H,23,24)/t12-/m0/s1. The van der Waals surface area contributed by atoms with E-state index in [9.17, 15) is 14.4 Å². The Hall–Kier alpha value is -3.03. The van der Waals surface area contributed by atoms with E-state index in [2.05, 4.69) is 10.9 Å². The second-order valence-electron chi connectivity index (χ2n) is 5.98. The Balaban J connectivity index is 1.54. The molecule has 132 valence electrons. The normalized spacial score (nSPS) is 17.3. The largest absolute Gasteiger partial charge is 0.465 e. The maximum atomic E-state index is 12.1. The van der Waals surface area contributed by atoms with E-state index in [0.29, 0.717) is 18.5 Å². The maximum absolute atomic E-state index is 12.1. The minimum Gasteiger partial charge on any atom is -0.465 e. The fourth-order valence-corrected chi connectivity index (χ4v) is 3.01. The molecule has 0 radical (unpaired) electrons. The Morgan fingerprint density at radius 1 is 1.20 bits per heavy atom. The molecular weight excluding hydrogens is 326 g/mol. The second kappa shape index (κ2) is 7.25. The first-order valence-electron chi connectivity index (χ1n) is 8.12. The van der Waals surface area contributed by atoms with Gasteiger partial charge in [-0.2, -0.15) is 0 Å². The summed E-state index contributed by atoms with van der Waals surface area (Å²) >= 11 is 0. The molecule has 0 unspecified atom stereocenters. The summed E-state index contributed by atoms with van der Waals surface area (Å²) in [6.45, 7) is 0.429. The van der Waals surface area contributed by atoms with Crippen LogP contribution in [0.1, 0.15) is 36.2 Å². The molecule has 3 amide bonds. The van der Waals surface area contributed by atoms with Crippen LogP contribution >= 0.6 is 0 Å². The number of amides is 3. The van der Waals surface area contributed by atoms with Crippen molar-refractivity contribution in [1.82, 2.24) is 15.8 Å². The van der Waals surface area contributed by atoms with Gasteiger partial charge >= 0.3 is 12.0 Å². The Morgan fingerprint density at radius 3 is 2.76 bits per heavy atom. The van der Waals surface area contributed by atoms with Crippen LogP contribution in [0.15, 0.2) is 34.7 Å². The summed E-state index contributed by atoms with van der Waals surface area (Å²) in [5.74, 6) is -0.919. The average Bonchev–Trinajstić information content (AvgIpc) is 3.04. The number of carbonyl (C=O) groups excluding carboxylic acids is 2. The van der Waals surface area contributed by atoms with Crippen LogP contribution in [0.4, 0.5) is 4.79 Å². The van der Waals surface area contributed by atoms with Gasteiger partial charge < -0.3 is 14.4 Å². The smallest absolute Gasteiger partial charge is 0.407 e. The Bertz CT molecular complexity index is 767. The van der Waals surface area contributed by atoms with Gasteiger partial charge in [0.05, 0.1) is 0 Å². The van der Waals surface area contributed by atoms with Gasteiger partial charge in [-0.1, -0.05) is 18.2 Å². The number of carbonyl (C=O) groups is 3. The number of rotatable bonds is 3. The number of hydrogen-bond donors (Lipinski definition) is 3. The van der Waals surface area contributed by atoms with Gasteiger partial charge in [-0.05, 0) is 31.4 Å².